The average Bonchev–Trinajstić information content (AvgIpc) is 3.28. The van der Waals surface area contributed by atoms with E-state index in [1.807, 2.05) is 0 Å². The molecular weight excluding hydrogens is 246 g/mol. The van der Waals surface area contributed by atoms with Crippen molar-refractivity contribution >= 4 is 18.1 Å². The smallest absolute Gasteiger partial charge is 0.0367 e. The zero-order valence-electron chi connectivity index (χ0n) is 10.9. The van der Waals surface area contributed by atoms with E-state index in [9.17, 15) is 0 Å². The van der Waals surface area contributed by atoms with Gasteiger partial charge in [-0.1, -0.05) is 31.4 Å². The highest BCUT2D eigenvalue weighted by Gasteiger charge is 2.09. The van der Waals surface area contributed by atoms with Crippen molar-refractivity contribution in [2.24, 2.45) is 5.73 Å². The summed E-state index contributed by atoms with van der Waals surface area (Å²) in [5, 5.41) is 3.35. The molecule has 1 aromatic rings. The lowest BCUT2D eigenvalue weighted by atomic mass is 10.2. The summed E-state index contributed by atoms with van der Waals surface area (Å²) in [6, 6.07) is 8.54. The van der Waals surface area contributed by atoms with Crippen LogP contribution in [0.3, 0.4) is 0 Å². The molecule has 0 atom stereocenters. The molecule has 1 saturated carbocycles. The molecule has 1 aromatic carbocycles. The van der Waals surface area contributed by atoms with Gasteiger partial charge >= 0.3 is 0 Å². The van der Waals surface area contributed by atoms with Crippen molar-refractivity contribution in [3.63, 3.8) is 0 Å². The first kappa shape index (κ1) is 15.3. The van der Waals surface area contributed by atoms with Crippen molar-refractivity contribution < 1.29 is 0 Å². The molecule has 1 aliphatic heterocycles. The SMILES string of the molecule is C1CC1.Cl.NCc1ccc(N2CCNCC2)cc1. The first-order chi connectivity index (χ1) is 8.40. The Balaban J connectivity index is 0.000000355. The third-order valence-electron chi connectivity index (χ3n) is 3.01. The lowest BCUT2D eigenvalue weighted by Crippen LogP contribution is -2.43. The number of piperazine rings is 1. The Morgan fingerprint density at radius 2 is 1.56 bits per heavy atom. The summed E-state index contributed by atoms with van der Waals surface area (Å²) in [6.45, 7) is 4.99. The van der Waals surface area contributed by atoms with Crippen molar-refractivity contribution in [3.8, 4) is 0 Å². The Morgan fingerprint density at radius 3 is 2.00 bits per heavy atom. The lowest BCUT2D eigenvalue weighted by Gasteiger charge is -2.29. The van der Waals surface area contributed by atoms with Gasteiger partial charge in [-0.25, -0.2) is 0 Å². The Hall–Kier alpha value is -0.770. The van der Waals surface area contributed by atoms with Crippen molar-refractivity contribution in [1.82, 2.24) is 5.32 Å². The number of hydrogen-bond donors (Lipinski definition) is 2. The van der Waals surface area contributed by atoms with Gasteiger partial charge < -0.3 is 16.0 Å². The zero-order chi connectivity index (χ0) is 11.9. The highest BCUT2D eigenvalue weighted by molar-refractivity contribution is 5.85. The van der Waals surface area contributed by atoms with Crippen LogP contribution in [0.2, 0.25) is 0 Å². The molecule has 3 N–H and O–H groups in total. The number of anilines is 1. The maximum Gasteiger partial charge on any atom is 0.0367 e. The number of rotatable bonds is 2. The van der Waals surface area contributed by atoms with Gasteiger partial charge in [0.05, 0.1) is 0 Å². The summed E-state index contributed by atoms with van der Waals surface area (Å²) in [5.74, 6) is 0. The van der Waals surface area contributed by atoms with Crippen LogP contribution in [0.4, 0.5) is 5.69 Å². The molecule has 0 spiro atoms. The van der Waals surface area contributed by atoms with E-state index in [0.29, 0.717) is 6.54 Å². The third kappa shape index (κ3) is 5.25. The van der Waals surface area contributed by atoms with Crippen molar-refractivity contribution in [2.75, 3.05) is 31.1 Å². The third-order valence-corrected chi connectivity index (χ3v) is 3.01. The van der Waals surface area contributed by atoms with Crippen LogP contribution in [0, 0.1) is 0 Å². The number of nitrogens with two attached hydrogens (primary N) is 1. The molecule has 1 heterocycles. The maximum absolute atomic E-state index is 5.55. The molecule has 0 aromatic heterocycles. The number of hydrogen-bond acceptors (Lipinski definition) is 3. The van der Waals surface area contributed by atoms with Crippen LogP contribution in [-0.2, 0) is 6.54 Å². The van der Waals surface area contributed by atoms with Gasteiger partial charge in [-0.3, -0.25) is 0 Å². The fraction of sp³-hybridized carbons (Fsp3) is 0.571. The van der Waals surface area contributed by atoms with E-state index in [1.54, 1.807) is 0 Å². The quantitative estimate of drug-likeness (QED) is 0.864. The van der Waals surface area contributed by atoms with E-state index in [4.69, 9.17) is 5.73 Å². The molecule has 0 amide bonds. The summed E-state index contributed by atoms with van der Waals surface area (Å²) in [5.41, 5.74) is 8.06. The van der Waals surface area contributed by atoms with Crippen molar-refractivity contribution in [1.29, 1.82) is 0 Å². The fourth-order valence-electron chi connectivity index (χ4n) is 1.77. The van der Waals surface area contributed by atoms with Gasteiger partial charge in [-0.15, -0.1) is 12.4 Å². The highest BCUT2D eigenvalue weighted by Crippen LogP contribution is 2.15. The van der Waals surface area contributed by atoms with E-state index in [2.05, 4.69) is 34.5 Å². The monoisotopic (exact) mass is 269 g/mol. The molecule has 2 fully saturated rings. The Bertz CT molecular complexity index is 316. The molecule has 3 rings (SSSR count). The minimum absolute atomic E-state index is 0. The maximum atomic E-state index is 5.55. The summed E-state index contributed by atoms with van der Waals surface area (Å²) < 4.78 is 0. The summed E-state index contributed by atoms with van der Waals surface area (Å²) >= 11 is 0. The molecule has 18 heavy (non-hydrogen) atoms. The van der Waals surface area contributed by atoms with E-state index in [1.165, 1.54) is 30.5 Å². The van der Waals surface area contributed by atoms with Gasteiger partial charge in [0, 0.05) is 38.4 Å². The first-order valence-electron chi connectivity index (χ1n) is 6.65. The van der Waals surface area contributed by atoms with Crippen LogP contribution in [0.15, 0.2) is 24.3 Å². The molecule has 0 radical (unpaired) electrons. The summed E-state index contributed by atoms with van der Waals surface area (Å²) in [6.07, 6.45) is 4.50. The molecule has 1 aliphatic carbocycles. The van der Waals surface area contributed by atoms with Crippen LogP contribution in [-0.4, -0.2) is 26.2 Å². The van der Waals surface area contributed by atoms with E-state index in [-0.39, 0.29) is 12.4 Å². The van der Waals surface area contributed by atoms with Crippen LogP contribution in [0.5, 0.6) is 0 Å². The fourth-order valence-corrected chi connectivity index (χ4v) is 1.77. The molecule has 102 valence electrons. The number of benzene rings is 1. The predicted octanol–water partition coefficient (Wildman–Crippen LogP) is 2.15. The van der Waals surface area contributed by atoms with Gasteiger partial charge in [0.25, 0.3) is 0 Å². The summed E-state index contributed by atoms with van der Waals surface area (Å²) in [7, 11) is 0. The average molecular weight is 270 g/mol. The first-order valence-corrected chi connectivity index (χ1v) is 6.65. The molecular formula is C14H24ClN3. The topological polar surface area (TPSA) is 41.3 Å². The highest BCUT2D eigenvalue weighted by atomic mass is 35.5. The Morgan fingerprint density at radius 1 is 1.00 bits per heavy atom. The number of halogens is 1. The van der Waals surface area contributed by atoms with E-state index < -0.39 is 0 Å². The van der Waals surface area contributed by atoms with Gasteiger partial charge in [-0.05, 0) is 17.7 Å². The lowest BCUT2D eigenvalue weighted by molar-refractivity contribution is 0.589. The largest absolute Gasteiger partial charge is 0.369 e. The molecule has 2 aliphatic rings. The standard InChI is InChI=1S/C11H17N3.C3H6.ClH/c12-9-10-1-3-11(4-2-10)14-7-5-13-6-8-14;1-2-3-1;/h1-4,13H,5-9,12H2;1-3H2;1H. The van der Waals surface area contributed by atoms with Gasteiger partial charge in [0.2, 0.25) is 0 Å². The van der Waals surface area contributed by atoms with Gasteiger partial charge in [0.15, 0.2) is 0 Å². The normalized spacial score (nSPS) is 17.3. The second-order valence-electron chi connectivity index (χ2n) is 4.67. The molecule has 3 nitrogen and oxygen atoms in total. The second kappa shape index (κ2) is 8.35. The predicted molar refractivity (Wildman–Crippen MR) is 80.5 cm³/mol. The Labute approximate surface area is 116 Å². The van der Waals surface area contributed by atoms with Crippen LogP contribution < -0.4 is 16.0 Å². The Kier molecular flexibility index (Phi) is 7.09. The minimum Gasteiger partial charge on any atom is -0.369 e. The van der Waals surface area contributed by atoms with Crippen LogP contribution >= 0.6 is 12.4 Å². The molecule has 0 unspecified atom stereocenters. The zero-order valence-corrected chi connectivity index (χ0v) is 11.7. The second-order valence-corrected chi connectivity index (χ2v) is 4.67. The van der Waals surface area contributed by atoms with Gasteiger partial charge in [0.1, 0.15) is 0 Å². The van der Waals surface area contributed by atoms with Crippen molar-refractivity contribution in [2.45, 2.75) is 25.8 Å². The molecule has 4 heteroatoms. The molecule has 1 saturated heterocycles. The molecule has 0 bridgehead atoms. The van der Waals surface area contributed by atoms with Gasteiger partial charge in [-0.2, -0.15) is 0 Å². The minimum atomic E-state index is 0. The number of nitrogens with zero attached hydrogens (tertiary/aromatic N) is 1. The van der Waals surface area contributed by atoms with E-state index >= 15 is 0 Å². The van der Waals surface area contributed by atoms with Crippen molar-refractivity contribution in [3.05, 3.63) is 29.8 Å². The number of nitrogens with one attached hydrogen (secondary N) is 1. The van der Waals surface area contributed by atoms with Crippen LogP contribution in [0.25, 0.3) is 0 Å². The van der Waals surface area contributed by atoms with E-state index in [0.717, 1.165) is 26.2 Å². The summed E-state index contributed by atoms with van der Waals surface area (Å²) in [4.78, 5) is 2.40. The van der Waals surface area contributed by atoms with Crippen LogP contribution in [0.1, 0.15) is 24.8 Å².